The van der Waals surface area contributed by atoms with Crippen LogP contribution in [0.25, 0.3) is 5.65 Å². The maximum absolute atomic E-state index is 12.3. The third-order valence-electron chi connectivity index (χ3n) is 4.15. The van der Waals surface area contributed by atoms with E-state index in [-0.39, 0.29) is 17.7 Å². The quantitative estimate of drug-likeness (QED) is 0.487. The monoisotopic (exact) mass is 387 g/mol. The summed E-state index contributed by atoms with van der Waals surface area (Å²) in [5.41, 5.74) is 1.88. The molecule has 0 bridgehead atoms. The van der Waals surface area contributed by atoms with Crippen LogP contribution >= 0.6 is 0 Å². The summed E-state index contributed by atoms with van der Waals surface area (Å²) in [6.45, 7) is 1.78. The van der Waals surface area contributed by atoms with Gasteiger partial charge in [0.1, 0.15) is 18.0 Å². The Hall–Kier alpha value is -4.00. The molecule has 0 saturated carbocycles. The van der Waals surface area contributed by atoms with Crippen LogP contribution in [0.5, 0.6) is 11.6 Å². The van der Waals surface area contributed by atoms with Crippen molar-refractivity contribution in [2.24, 2.45) is 0 Å². The van der Waals surface area contributed by atoms with E-state index in [1.807, 2.05) is 43.3 Å². The molecule has 144 valence electrons. The molecule has 29 heavy (non-hydrogen) atoms. The number of nitrogens with zero attached hydrogens (tertiary/aromatic N) is 3. The molecule has 0 spiro atoms. The number of ether oxygens (including phenoxy) is 2. The molecule has 0 amide bonds. The standard InChI is InChI=1S/C22H17N3O4/c1-15-7-9-19-24-17(11-21(26)25(19)13-15)14-28-22(27)16-8-10-20(23-12-16)29-18-5-3-2-4-6-18/h2-13H,14H2,1H3. The first-order valence-electron chi connectivity index (χ1n) is 8.93. The Bertz CT molecular complexity index is 1220. The zero-order valence-electron chi connectivity index (χ0n) is 15.6. The first-order valence-corrected chi connectivity index (χ1v) is 8.93. The minimum Gasteiger partial charge on any atom is -0.456 e. The Morgan fingerprint density at radius 3 is 2.66 bits per heavy atom. The Labute approximate surface area is 166 Å². The molecule has 0 radical (unpaired) electrons. The summed E-state index contributed by atoms with van der Waals surface area (Å²) >= 11 is 0. The Morgan fingerprint density at radius 2 is 1.90 bits per heavy atom. The van der Waals surface area contributed by atoms with Gasteiger partial charge in [-0.25, -0.2) is 14.8 Å². The molecular formula is C22H17N3O4. The number of fused-ring (bicyclic) bond motifs is 1. The lowest BCUT2D eigenvalue weighted by Gasteiger charge is -2.07. The van der Waals surface area contributed by atoms with Gasteiger partial charge in [0, 0.05) is 24.5 Å². The number of aryl methyl sites for hydroxylation is 1. The van der Waals surface area contributed by atoms with Crippen LogP contribution in [0.4, 0.5) is 0 Å². The highest BCUT2D eigenvalue weighted by molar-refractivity contribution is 5.89. The highest BCUT2D eigenvalue weighted by Gasteiger charge is 2.11. The van der Waals surface area contributed by atoms with Gasteiger partial charge in [0.05, 0.1) is 11.3 Å². The Kier molecular flexibility index (Phi) is 5.03. The zero-order valence-corrected chi connectivity index (χ0v) is 15.6. The van der Waals surface area contributed by atoms with E-state index in [4.69, 9.17) is 9.47 Å². The lowest BCUT2D eigenvalue weighted by molar-refractivity contribution is 0.0467. The molecule has 0 saturated heterocycles. The van der Waals surface area contributed by atoms with E-state index in [0.29, 0.717) is 23.0 Å². The van der Waals surface area contributed by atoms with Crippen LogP contribution in [0, 0.1) is 6.92 Å². The molecule has 0 aliphatic rings. The van der Waals surface area contributed by atoms with E-state index in [9.17, 15) is 9.59 Å². The number of pyridine rings is 2. The van der Waals surface area contributed by atoms with Crippen molar-refractivity contribution in [3.63, 3.8) is 0 Å². The molecule has 3 heterocycles. The van der Waals surface area contributed by atoms with Crippen molar-refractivity contribution in [3.05, 3.63) is 100 Å². The minimum atomic E-state index is -0.560. The third-order valence-corrected chi connectivity index (χ3v) is 4.15. The van der Waals surface area contributed by atoms with Crippen LogP contribution in [0.2, 0.25) is 0 Å². The van der Waals surface area contributed by atoms with Crippen LogP contribution in [0.15, 0.2) is 77.9 Å². The normalized spacial score (nSPS) is 10.7. The fourth-order valence-corrected chi connectivity index (χ4v) is 2.73. The molecule has 7 heteroatoms. The first-order chi connectivity index (χ1) is 14.1. The number of aromatic nitrogens is 3. The van der Waals surface area contributed by atoms with Crippen LogP contribution in [0.1, 0.15) is 21.6 Å². The second-order valence-corrected chi connectivity index (χ2v) is 6.40. The molecule has 0 atom stereocenters. The van der Waals surface area contributed by atoms with Crippen LogP contribution in [-0.4, -0.2) is 20.3 Å². The van der Waals surface area contributed by atoms with Crippen molar-refractivity contribution in [1.82, 2.24) is 14.4 Å². The molecule has 0 aliphatic heterocycles. The fraction of sp³-hybridized carbons (Fsp3) is 0.0909. The van der Waals surface area contributed by atoms with Gasteiger partial charge in [-0.15, -0.1) is 0 Å². The molecule has 4 rings (SSSR count). The molecule has 7 nitrogen and oxygen atoms in total. The summed E-state index contributed by atoms with van der Waals surface area (Å²) in [5, 5.41) is 0. The lowest BCUT2D eigenvalue weighted by atomic mass is 10.3. The molecule has 0 N–H and O–H groups in total. The summed E-state index contributed by atoms with van der Waals surface area (Å²) in [7, 11) is 0. The predicted octanol–water partition coefficient (Wildman–Crippen LogP) is 3.55. The highest BCUT2D eigenvalue weighted by Crippen LogP contribution is 2.18. The van der Waals surface area contributed by atoms with Gasteiger partial charge >= 0.3 is 5.97 Å². The van der Waals surface area contributed by atoms with Gasteiger partial charge in [-0.2, -0.15) is 0 Å². The van der Waals surface area contributed by atoms with Crippen molar-refractivity contribution in [3.8, 4) is 11.6 Å². The highest BCUT2D eigenvalue weighted by atomic mass is 16.5. The molecule has 0 aliphatic carbocycles. The number of carbonyl (C=O) groups is 1. The maximum Gasteiger partial charge on any atom is 0.340 e. The topological polar surface area (TPSA) is 82.8 Å². The third kappa shape index (κ3) is 4.30. The molecule has 0 unspecified atom stereocenters. The molecular weight excluding hydrogens is 370 g/mol. The van der Waals surface area contributed by atoms with Crippen molar-refractivity contribution in [1.29, 1.82) is 0 Å². The Morgan fingerprint density at radius 1 is 1.07 bits per heavy atom. The Balaban J connectivity index is 1.42. The van der Waals surface area contributed by atoms with E-state index in [1.165, 1.54) is 16.7 Å². The summed E-state index contributed by atoms with van der Waals surface area (Å²) < 4.78 is 12.3. The average molecular weight is 387 g/mol. The summed E-state index contributed by atoms with van der Waals surface area (Å²) in [6.07, 6.45) is 3.09. The van der Waals surface area contributed by atoms with E-state index < -0.39 is 5.97 Å². The van der Waals surface area contributed by atoms with Gasteiger partial charge in [-0.1, -0.05) is 24.3 Å². The van der Waals surface area contributed by atoms with Gasteiger partial charge in [-0.3, -0.25) is 9.20 Å². The summed E-state index contributed by atoms with van der Waals surface area (Å²) in [4.78, 5) is 33.0. The smallest absolute Gasteiger partial charge is 0.340 e. The first kappa shape index (κ1) is 18.4. The SMILES string of the molecule is Cc1ccc2nc(COC(=O)c3ccc(Oc4ccccc4)nc3)cc(=O)n2c1. The van der Waals surface area contributed by atoms with Gasteiger partial charge in [0.25, 0.3) is 5.56 Å². The number of esters is 1. The molecule has 4 aromatic rings. The fourth-order valence-electron chi connectivity index (χ4n) is 2.73. The minimum absolute atomic E-state index is 0.110. The molecule has 3 aromatic heterocycles. The second-order valence-electron chi connectivity index (χ2n) is 6.40. The van der Waals surface area contributed by atoms with E-state index in [2.05, 4.69) is 9.97 Å². The van der Waals surface area contributed by atoms with E-state index >= 15 is 0 Å². The largest absolute Gasteiger partial charge is 0.456 e. The number of carbonyl (C=O) groups excluding carboxylic acids is 1. The van der Waals surface area contributed by atoms with Crippen LogP contribution < -0.4 is 10.3 Å². The number of para-hydroxylation sites is 1. The molecule has 0 fully saturated rings. The number of benzene rings is 1. The summed E-state index contributed by atoms with van der Waals surface area (Å²) in [6, 6.07) is 17.3. The van der Waals surface area contributed by atoms with Crippen LogP contribution in [0.3, 0.4) is 0 Å². The van der Waals surface area contributed by atoms with Crippen molar-refractivity contribution in [2.75, 3.05) is 0 Å². The number of hydrogen-bond donors (Lipinski definition) is 0. The lowest BCUT2D eigenvalue weighted by Crippen LogP contribution is -2.17. The zero-order chi connectivity index (χ0) is 20.2. The van der Waals surface area contributed by atoms with Gasteiger partial charge in [0.15, 0.2) is 0 Å². The predicted molar refractivity (Wildman–Crippen MR) is 106 cm³/mol. The van der Waals surface area contributed by atoms with Crippen LogP contribution in [-0.2, 0) is 11.3 Å². The van der Waals surface area contributed by atoms with Crippen molar-refractivity contribution < 1.29 is 14.3 Å². The summed E-state index contributed by atoms with van der Waals surface area (Å²) in [5.74, 6) is 0.459. The number of rotatable bonds is 5. The number of hydrogen-bond acceptors (Lipinski definition) is 6. The second kappa shape index (κ2) is 7.93. The van der Waals surface area contributed by atoms with E-state index in [1.54, 1.807) is 24.4 Å². The van der Waals surface area contributed by atoms with E-state index in [0.717, 1.165) is 5.56 Å². The maximum atomic E-state index is 12.3. The van der Waals surface area contributed by atoms with Crippen molar-refractivity contribution in [2.45, 2.75) is 13.5 Å². The molecule has 1 aromatic carbocycles. The van der Waals surface area contributed by atoms with Gasteiger partial charge < -0.3 is 9.47 Å². The van der Waals surface area contributed by atoms with Gasteiger partial charge in [0.2, 0.25) is 5.88 Å². The average Bonchev–Trinajstić information content (AvgIpc) is 2.74. The van der Waals surface area contributed by atoms with Gasteiger partial charge in [-0.05, 0) is 36.8 Å². The van der Waals surface area contributed by atoms with Crippen molar-refractivity contribution >= 4 is 11.6 Å².